The molecule has 0 aliphatic heterocycles. The van der Waals surface area contributed by atoms with Gasteiger partial charge in [0, 0.05) is 19.5 Å². The van der Waals surface area contributed by atoms with Crippen molar-refractivity contribution in [2.75, 3.05) is 18.4 Å². The lowest BCUT2D eigenvalue weighted by Gasteiger charge is -2.06. The highest BCUT2D eigenvalue weighted by molar-refractivity contribution is 7.10. The Morgan fingerprint density at radius 2 is 2.06 bits per heavy atom. The molecule has 0 fully saturated rings. The quantitative estimate of drug-likeness (QED) is 0.743. The third kappa shape index (κ3) is 4.10. The zero-order valence-corrected chi connectivity index (χ0v) is 11.8. The van der Waals surface area contributed by atoms with Gasteiger partial charge in [0.2, 0.25) is 5.91 Å². The molecule has 0 saturated carbocycles. The van der Waals surface area contributed by atoms with Crippen LogP contribution in [0, 0.1) is 6.92 Å². The highest BCUT2D eigenvalue weighted by Gasteiger charge is 2.14. The molecule has 0 atom stereocenters. The van der Waals surface area contributed by atoms with Gasteiger partial charge in [-0.3, -0.25) is 9.59 Å². The molecule has 0 saturated heterocycles. The minimum atomic E-state index is -0.000755. The van der Waals surface area contributed by atoms with Crippen molar-refractivity contribution < 1.29 is 9.59 Å². The molecular weight excluding hydrogens is 250 g/mol. The molecule has 0 radical (unpaired) electrons. The van der Waals surface area contributed by atoms with Gasteiger partial charge in [-0.05, 0) is 31.8 Å². The number of ketones is 1. The van der Waals surface area contributed by atoms with Crippen LogP contribution in [0.1, 0.15) is 42.7 Å². The third-order valence-corrected chi connectivity index (χ3v) is 3.32. The average Bonchev–Trinajstić information content (AvgIpc) is 2.68. The van der Waals surface area contributed by atoms with Crippen molar-refractivity contribution in [3.63, 3.8) is 0 Å². The second kappa shape index (κ2) is 7.10. The Balaban J connectivity index is 2.44. The molecule has 0 aromatic carbocycles. The molecule has 1 amide bonds. The Morgan fingerprint density at radius 3 is 2.67 bits per heavy atom. The van der Waals surface area contributed by atoms with Crippen LogP contribution in [0.5, 0.6) is 0 Å². The molecule has 2 N–H and O–H groups in total. The summed E-state index contributed by atoms with van der Waals surface area (Å²) in [4.78, 5) is 22.8. The molecule has 0 aliphatic rings. The summed E-state index contributed by atoms with van der Waals surface area (Å²) in [6, 6.07) is 0. The summed E-state index contributed by atoms with van der Waals surface area (Å²) in [5, 5.41) is 6.65. The molecule has 1 aromatic heterocycles. The minimum absolute atomic E-state index is 0.000755. The lowest BCUT2D eigenvalue weighted by atomic mass is 10.2. The van der Waals surface area contributed by atoms with Crippen molar-refractivity contribution in [2.24, 2.45) is 0 Å². The average molecular weight is 269 g/mol. The summed E-state index contributed by atoms with van der Waals surface area (Å²) in [7, 11) is 0. The molecule has 18 heavy (non-hydrogen) atoms. The number of nitrogens with zero attached hydrogens (tertiary/aromatic N) is 1. The first-order valence-corrected chi connectivity index (χ1v) is 6.81. The number of hydrogen-bond donors (Lipinski definition) is 2. The SMILES string of the molecule is CCCNC(=O)CCNc1snc(C)c1C(C)=O. The maximum Gasteiger partial charge on any atom is 0.221 e. The standard InChI is InChI=1S/C12H19N3O2S/c1-4-6-13-10(17)5-7-14-12-11(9(3)16)8(2)15-18-12/h14H,4-7H2,1-3H3,(H,13,17). The van der Waals surface area contributed by atoms with Crippen molar-refractivity contribution in [1.29, 1.82) is 0 Å². The van der Waals surface area contributed by atoms with E-state index in [1.165, 1.54) is 18.5 Å². The topological polar surface area (TPSA) is 71.1 Å². The van der Waals surface area contributed by atoms with E-state index >= 15 is 0 Å². The van der Waals surface area contributed by atoms with Gasteiger partial charge in [0.05, 0.1) is 11.3 Å². The van der Waals surface area contributed by atoms with Crippen molar-refractivity contribution in [2.45, 2.75) is 33.6 Å². The van der Waals surface area contributed by atoms with Crippen LogP contribution >= 0.6 is 11.5 Å². The number of aromatic nitrogens is 1. The van der Waals surface area contributed by atoms with Gasteiger partial charge >= 0.3 is 0 Å². The number of Topliss-reactive ketones (excluding diaryl/α,β-unsaturated/α-hetero) is 1. The van der Waals surface area contributed by atoms with E-state index in [2.05, 4.69) is 15.0 Å². The molecular formula is C12H19N3O2S. The molecule has 0 unspecified atom stereocenters. The highest BCUT2D eigenvalue weighted by Crippen LogP contribution is 2.24. The smallest absolute Gasteiger partial charge is 0.221 e. The van der Waals surface area contributed by atoms with E-state index in [1.807, 2.05) is 13.8 Å². The molecule has 0 spiro atoms. The van der Waals surface area contributed by atoms with Crippen molar-refractivity contribution in [3.8, 4) is 0 Å². The Hall–Kier alpha value is -1.43. The van der Waals surface area contributed by atoms with Crippen LogP contribution in [0.2, 0.25) is 0 Å². The van der Waals surface area contributed by atoms with Crippen molar-refractivity contribution in [3.05, 3.63) is 11.3 Å². The van der Waals surface area contributed by atoms with Gasteiger partial charge in [-0.25, -0.2) is 0 Å². The molecule has 0 bridgehead atoms. The van der Waals surface area contributed by atoms with E-state index < -0.39 is 0 Å². The first-order valence-electron chi connectivity index (χ1n) is 6.04. The molecule has 6 heteroatoms. The largest absolute Gasteiger partial charge is 0.375 e. The Labute approximate surface area is 111 Å². The normalized spacial score (nSPS) is 10.2. The summed E-state index contributed by atoms with van der Waals surface area (Å²) in [5.41, 5.74) is 1.37. The van der Waals surface area contributed by atoms with Crippen LogP contribution in [0.25, 0.3) is 0 Å². The first kappa shape index (κ1) is 14.6. The van der Waals surface area contributed by atoms with E-state index in [0.29, 0.717) is 25.1 Å². The van der Waals surface area contributed by atoms with Gasteiger partial charge < -0.3 is 10.6 Å². The van der Waals surface area contributed by atoms with Crippen molar-refractivity contribution >= 4 is 28.2 Å². The fourth-order valence-electron chi connectivity index (χ4n) is 1.55. The summed E-state index contributed by atoms with van der Waals surface area (Å²) in [6.07, 6.45) is 1.33. The summed E-state index contributed by atoms with van der Waals surface area (Å²) < 4.78 is 4.14. The van der Waals surface area contributed by atoms with Gasteiger partial charge in [-0.2, -0.15) is 4.37 Å². The maximum absolute atomic E-state index is 11.4. The lowest BCUT2D eigenvalue weighted by molar-refractivity contribution is -0.120. The van der Waals surface area contributed by atoms with E-state index in [0.717, 1.165) is 17.1 Å². The number of aryl methyl sites for hydroxylation is 1. The minimum Gasteiger partial charge on any atom is -0.375 e. The highest BCUT2D eigenvalue weighted by atomic mass is 32.1. The van der Waals surface area contributed by atoms with E-state index in [-0.39, 0.29) is 11.7 Å². The third-order valence-electron chi connectivity index (χ3n) is 2.42. The molecule has 0 aliphatic carbocycles. The van der Waals surface area contributed by atoms with E-state index in [1.54, 1.807) is 0 Å². The van der Waals surface area contributed by atoms with Crippen molar-refractivity contribution in [1.82, 2.24) is 9.69 Å². The summed E-state index contributed by atoms with van der Waals surface area (Å²) in [6.45, 7) is 6.56. The molecule has 1 rings (SSSR count). The van der Waals surface area contributed by atoms with Crippen LogP contribution in [0.15, 0.2) is 0 Å². The zero-order valence-electron chi connectivity index (χ0n) is 11.0. The van der Waals surface area contributed by atoms with Crippen LogP contribution in [-0.2, 0) is 4.79 Å². The van der Waals surface area contributed by atoms with Crippen LogP contribution in [0.3, 0.4) is 0 Å². The number of nitrogens with one attached hydrogen (secondary N) is 2. The predicted octanol–water partition coefficient (Wildman–Crippen LogP) is 1.98. The Morgan fingerprint density at radius 1 is 1.33 bits per heavy atom. The molecule has 5 nitrogen and oxygen atoms in total. The molecule has 1 heterocycles. The molecule has 1 aromatic rings. The monoisotopic (exact) mass is 269 g/mol. The first-order chi connectivity index (χ1) is 8.56. The van der Waals surface area contributed by atoms with E-state index in [9.17, 15) is 9.59 Å². The predicted molar refractivity (Wildman–Crippen MR) is 73.3 cm³/mol. The Kier molecular flexibility index (Phi) is 5.77. The zero-order chi connectivity index (χ0) is 13.5. The van der Waals surface area contributed by atoms with Gasteiger partial charge in [0.15, 0.2) is 5.78 Å². The lowest BCUT2D eigenvalue weighted by Crippen LogP contribution is -2.25. The second-order valence-corrected chi connectivity index (χ2v) is 4.83. The van der Waals surface area contributed by atoms with Gasteiger partial charge in [-0.15, -0.1) is 0 Å². The fourth-order valence-corrected chi connectivity index (χ4v) is 2.42. The number of rotatable bonds is 7. The van der Waals surface area contributed by atoms with Gasteiger partial charge in [0.1, 0.15) is 5.00 Å². The number of carbonyl (C=O) groups is 2. The Bertz CT molecular complexity index is 429. The number of anilines is 1. The molecule has 100 valence electrons. The fraction of sp³-hybridized carbons (Fsp3) is 0.583. The van der Waals surface area contributed by atoms with E-state index in [4.69, 9.17) is 0 Å². The van der Waals surface area contributed by atoms with Crippen LogP contribution in [0.4, 0.5) is 5.00 Å². The number of amides is 1. The van der Waals surface area contributed by atoms with Crippen LogP contribution < -0.4 is 10.6 Å². The van der Waals surface area contributed by atoms with Gasteiger partial charge in [-0.1, -0.05) is 6.92 Å². The van der Waals surface area contributed by atoms with Gasteiger partial charge in [0.25, 0.3) is 0 Å². The number of hydrogen-bond acceptors (Lipinski definition) is 5. The number of carbonyl (C=O) groups excluding carboxylic acids is 2. The maximum atomic E-state index is 11.4. The second-order valence-electron chi connectivity index (χ2n) is 4.06. The summed E-state index contributed by atoms with van der Waals surface area (Å²) in [5.74, 6) is 0.0224. The van der Waals surface area contributed by atoms with Crippen LogP contribution in [-0.4, -0.2) is 29.2 Å². The summed E-state index contributed by atoms with van der Waals surface area (Å²) >= 11 is 1.26.